The van der Waals surface area contributed by atoms with E-state index in [0.29, 0.717) is 5.92 Å². The van der Waals surface area contributed by atoms with E-state index in [9.17, 15) is 0 Å². The van der Waals surface area contributed by atoms with E-state index in [-0.39, 0.29) is 0 Å². The topological polar surface area (TPSA) is 44.5 Å². The Bertz CT molecular complexity index is 374. The molecule has 0 spiro atoms. The summed E-state index contributed by atoms with van der Waals surface area (Å²) in [4.78, 5) is 0. The maximum absolute atomic E-state index is 5.71. The minimum atomic E-state index is 0.542. The molecule has 2 rings (SSSR count). The molecule has 0 radical (unpaired) electrons. The van der Waals surface area contributed by atoms with Crippen LogP contribution in [0.1, 0.15) is 30.7 Å². The first-order valence-corrected chi connectivity index (χ1v) is 6.22. The van der Waals surface area contributed by atoms with Crippen molar-refractivity contribution in [2.24, 2.45) is 11.7 Å². The van der Waals surface area contributed by atoms with Gasteiger partial charge in [-0.1, -0.05) is 6.07 Å². The van der Waals surface area contributed by atoms with Crippen LogP contribution in [0.2, 0.25) is 0 Å². The first-order valence-electron chi connectivity index (χ1n) is 6.22. The van der Waals surface area contributed by atoms with E-state index in [1.54, 1.807) is 14.2 Å². The van der Waals surface area contributed by atoms with Crippen molar-refractivity contribution in [1.29, 1.82) is 0 Å². The predicted octanol–water partition coefficient (Wildman–Crippen LogP) is 2.55. The summed E-state index contributed by atoms with van der Waals surface area (Å²) in [6, 6.07) is 6.08. The Morgan fingerprint density at radius 1 is 1.29 bits per heavy atom. The van der Waals surface area contributed by atoms with Crippen molar-refractivity contribution in [2.45, 2.75) is 25.2 Å². The summed E-state index contributed by atoms with van der Waals surface area (Å²) >= 11 is 0. The molecule has 0 saturated heterocycles. The lowest BCUT2D eigenvalue weighted by Crippen LogP contribution is -2.10. The molecule has 1 aliphatic rings. The third kappa shape index (κ3) is 2.72. The van der Waals surface area contributed by atoms with E-state index in [1.807, 2.05) is 12.1 Å². The second-order valence-electron chi connectivity index (χ2n) is 4.63. The molecule has 3 heteroatoms. The normalized spacial score (nSPS) is 16.6. The summed E-state index contributed by atoms with van der Waals surface area (Å²) in [5, 5.41) is 0. The summed E-state index contributed by atoms with van der Waals surface area (Å²) in [5.74, 6) is 3.10. The van der Waals surface area contributed by atoms with E-state index in [4.69, 9.17) is 15.2 Å². The zero-order valence-corrected chi connectivity index (χ0v) is 10.6. The fourth-order valence-electron chi connectivity index (χ4n) is 2.45. The lowest BCUT2D eigenvalue weighted by Gasteiger charge is -2.19. The minimum Gasteiger partial charge on any atom is -0.497 e. The van der Waals surface area contributed by atoms with Gasteiger partial charge in [0.2, 0.25) is 0 Å². The fourth-order valence-corrected chi connectivity index (χ4v) is 2.45. The van der Waals surface area contributed by atoms with Crippen molar-refractivity contribution in [3.05, 3.63) is 23.8 Å². The van der Waals surface area contributed by atoms with Gasteiger partial charge in [0.15, 0.2) is 0 Å². The van der Waals surface area contributed by atoms with Gasteiger partial charge < -0.3 is 15.2 Å². The van der Waals surface area contributed by atoms with Crippen LogP contribution in [0.25, 0.3) is 0 Å². The highest BCUT2D eigenvalue weighted by Crippen LogP contribution is 2.47. The molecule has 17 heavy (non-hydrogen) atoms. The smallest absolute Gasteiger partial charge is 0.126 e. The quantitative estimate of drug-likeness (QED) is 0.824. The van der Waals surface area contributed by atoms with Crippen molar-refractivity contribution in [2.75, 3.05) is 20.8 Å². The molecule has 2 N–H and O–H groups in total. The number of methoxy groups -OCH3 is 2. The molecule has 0 heterocycles. The van der Waals surface area contributed by atoms with E-state index in [2.05, 4.69) is 6.07 Å². The van der Waals surface area contributed by atoms with Crippen molar-refractivity contribution >= 4 is 0 Å². The highest BCUT2D eigenvalue weighted by molar-refractivity contribution is 5.43. The monoisotopic (exact) mass is 235 g/mol. The molecule has 1 aromatic carbocycles. The molecule has 1 aromatic rings. The molecule has 1 aliphatic carbocycles. The summed E-state index contributed by atoms with van der Waals surface area (Å²) in [5.41, 5.74) is 6.99. The third-order valence-electron chi connectivity index (χ3n) is 3.51. The van der Waals surface area contributed by atoms with Gasteiger partial charge in [-0.25, -0.2) is 0 Å². The van der Waals surface area contributed by atoms with Crippen LogP contribution in [-0.4, -0.2) is 20.8 Å². The van der Waals surface area contributed by atoms with Gasteiger partial charge in [0, 0.05) is 6.07 Å². The summed E-state index contributed by atoms with van der Waals surface area (Å²) in [7, 11) is 3.39. The van der Waals surface area contributed by atoms with Crippen LogP contribution in [0.5, 0.6) is 11.5 Å². The molecule has 3 nitrogen and oxygen atoms in total. The Morgan fingerprint density at radius 3 is 2.59 bits per heavy atom. The van der Waals surface area contributed by atoms with Gasteiger partial charge in [-0.05, 0) is 49.3 Å². The van der Waals surface area contributed by atoms with E-state index >= 15 is 0 Å². The Kier molecular flexibility index (Phi) is 3.89. The number of nitrogens with two attached hydrogens (primary N) is 1. The average Bonchev–Trinajstić information content (AvgIpc) is 3.19. The number of benzene rings is 1. The van der Waals surface area contributed by atoms with Gasteiger partial charge in [0.1, 0.15) is 11.5 Å². The maximum Gasteiger partial charge on any atom is 0.126 e. The molecule has 0 amide bonds. The van der Waals surface area contributed by atoms with E-state index in [1.165, 1.54) is 18.4 Å². The van der Waals surface area contributed by atoms with Gasteiger partial charge in [0.25, 0.3) is 0 Å². The number of rotatable bonds is 6. The van der Waals surface area contributed by atoms with Crippen LogP contribution in [0, 0.1) is 5.92 Å². The minimum absolute atomic E-state index is 0.542. The van der Waals surface area contributed by atoms with Gasteiger partial charge in [-0.3, -0.25) is 0 Å². The third-order valence-corrected chi connectivity index (χ3v) is 3.51. The van der Waals surface area contributed by atoms with Crippen molar-refractivity contribution in [1.82, 2.24) is 0 Å². The highest BCUT2D eigenvalue weighted by Gasteiger charge is 2.33. The largest absolute Gasteiger partial charge is 0.497 e. The molecule has 0 aliphatic heterocycles. The molecular weight excluding hydrogens is 214 g/mol. The van der Waals surface area contributed by atoms with Crippen LogP contribution in [0.3, 0.4) is 0 Å². The highest BCUT2D eigenvalue weighted by atomic mass is 16.5. The average molecular weight is 235 g/mol. The summed E-state index contributed by atoms with van der Waals surface area (Å²) in [6.07, 6.45) is 3.67. The lowest BCUT2D eigenvalue weighted by atomic mass is 9.90. The van der Waals surface area contributed by atoms with Gasteiger partial charge in [-0.2, -0.15) is 0 Å². The van der Waals surface area contributed by atoms with E-state index < -0.39 is 0 Å². The van der Waals surface area contributed by atoms with Crippen molar-refractivity contribution < 1.29 is 9.47 Å². The number of ether oxygens (including phenoxy) is 2. The van der Waals surface area contributed by atoms with Gasteiger partial charge in [0.05, 0.1) is 14.2 Å². The second kappa shape index (κ2) is 5.41. The Morgan fingerprint density at radius 2 is 2.06 bits per heavy atom. The van der Waals surface area contributed by atoms with Gasteiger partial charge in [-0.15, -0.1) is 0 Å². The first-order chi connectivity index (χ1) is 8.30. The number of hydrogen-bond donors (Lipinski definition) is 1. The predicted molar refractivity (Wildman–Crippen MR) is 68.7 cm³/mol. The molecule has 0 aromatic heterocycles. The Hall–Kier alpha value is -1.22. The van der Waals surface area contributed by atoms with Crippen LogP contribution in [0.4, 0.5) is 0 Å². The van der Waals surface area contributed by atoms with Crippen molar-refractivity contribution in [3.63, 3.8) is 0 Å². The second-order valence-corrected chi connectivity index (χ2v) is 4.63. The molecule has 1 fully saturated rings. The first kappa shape index (κ1) is 12.2. The Balaban J connectivity index is 2.27. The van der Waals surface area contributed by atoms with Crippen LogP contribution < -0.4 is 15.2 Å². The summed E-state index contributed by atoms with van der Waals surface area (Å²) in [6.45, 7) is 0.732. The van der Waals surface area contributed by atoms with Crippen LogP contribution in [0.15, 0.2) is 18.2 Å². The molecule has 94 valence electrons. The molecule has 0 bridgehead atoms. The SMILES string of the molecule is COc1ccc(C(CCN)C2CC2)c(OC)c1. The lowest BCUT2D eigenvalue weighted by molar-refractivity contribution is 0.385. The molecule has 1 saturated carbocycles. The van der Waals surface area contributed by atoms with Gasteiger partial charge >= 0.3 is 0 Å². The van der Waals surface area contributed by atoms with Crippen molar-refractivity contribution in [3.8, 4) is 11.5 Å². The fraction of sp³-hybridized carbons (Fsp3) is 0.571. The standard InChI is InChI=1S/C14H21NO2/c1-16-11-5-6-13(14(9-11)17-2)12(7-8-15)10-3-4-10/h5-6,9-10,12H,3-4,7-8,15H2,1-2H3. The van der Waals surface area contributed by atoms with Crippen LogP contribution >= 0.6 is 0 Å². The molecule has 1 unspecified atom stereocenters. The zero-order chi connectivity index (χ0) is 12.3. The Labute approximate surface area is 103 Å². The maximum atomic E-state index is 5.71. The summed E-state index contributed by atoms with van der Waals surface area (Å²) < 4.78 is 10.7. The molecule has 1 atom stereocenters. The van der Waals surface area contributed by atoms with E-state index in [0.717, 1.165) is 30.4 Å². The number of hydrogen-bond acceptors (Lipinski definition) is 3. The zero-order valence-electron chi connectivity index (χ0n) is 10.6. The van der Waals surface area contributed by atoms with Crippen LogP contribution in [-0.2, 0) is 0 Å². The molecular formula is C14H21NO2.